The van der Waals surface area contributed by atoms with Gasteiger partial charge in [-0.2, -0.15) is 8.78 Å². The highest BCUT2D eigenvalue weighted by atomic mass is 35.5. The van der Waals surface area contributed by atoms with Crippen molar-refractivity contribution in [3.63, 3.8) is 0 Å². The molecule has 0 saturated heterocycles. The fraction of sp³-hybridized carbons (Fsp3) is 0.188. The van der Waals surface area contributed by atoms with Crippen molar-refractivity contribution in [2.75, 3.05) is 19.5 Å². The van der Waals surface area contributed by atoms with Crippen LogP contribution in [0.15, 0.2) is 36.4 Å². The summed E-state index contributed by atoms with van der Waals surface area (Å²) in [5.74, 6) is 0.0788. The van der Waals surface area contributed by atoms with E-state index in [9.17, 15) is 13.6 Å². The molecule has 0 spiro atoms. The molecule has 0 radical (unpaired) electrons. The van der Waals surface area contributed by atoms with Crippen LogP contribution in [-0.4, -0.2) is 26.7 Å². The number of hydrogen-bond donors (Lipinski definition) is 1. The molecular weight excluding hydrogens is 344 g/mol. The summed E-state index contributed by atoms with van der Waals surface area (Å²) in [7, 11) is 2.88. The summed E-state index contributed by atoms with van der Waals surface area (Å²) in [6.07, 6.45) is 0. The molecule has 0 bridgehead atoms. The summed E-state index contributed by atoms with van der Waals surface area (Å²) in [4.78, 5) is 12.3. The molecule has 0 aliphatic carbocycles. The lowest BCUT2D eigenvalue weighted by atomic mass is 10.2. The minimum absolute atomic E-state index is 0.114. The van der Waals surface area contributed by atoms with E-state index in [1.54, 1.807) is 0 Å². The number of benzene rings is 2. The molecule has 0 heterocycles. The van der Waals surface area contributed by atoms with Gasteiger partial charge >= 0.3 is 6.61 Å². The highest BCUT2D eigenvalue weighted by molar-refractivity contribution is 6.32. The van der Waals surface area contributed by atoms with Gasteiger partial charge in [-0.3, -0.25) is 4.79 Å². The van der Waals surface area contributed by atoms with Crippen LogP contribution in [0, 0.1) is 0 Å². The third-order valence-electron chi connectivity index (χ3n) is 3.04. The van der Waals surface area contributed by atoms with Crippen LogP contribution in [0.25, 0.3) is 0 Å². The molecule has 1 N–H and O–H groups in total. The quantitative estimate of drug-likeness (QED) is 0.841. The number of nitrogens with one attached hydrogen (secondary N) is 1. The van der Waals surface area contributed by atoms with Crippen molar-refractivity contribution >= 4 is 23.2 Å². The molecule has 24 heavy (non-hydrogen) atoms. The van der Waals surface area contributed by atoms with Crippen molar-refractivity contribution in [2.24, 2.45) is 0 Å². The maximum Gasteiger partial charge on any atom is 0.387 e. The summed E-state index contributed by atoms with van der Waals surface area (Å²) < 4.78 is 39.0. The van der Waals surface area contributed by atoms with E-state index in [-0.39, 0.29) is 16.3 Å². The number of carbonyl (C=O) groups is 1. The number of halogens is 3. The lowest BCUT2D eigenvalue weighted by Crippen LogP contribution is -2.13. The van der Waals surface area contributed by atoms with Crippen molar-refractivity contribution in [3.8, 4) is 17.2 Å². The maximum atomic E-state index is 12.3. The number of amides is 1. The van der Waals surface area contributed by atoms with Gasteiger partial charge in [-0.05, 0) is 24.3 Å². The summed E-state index contributed by atoms with van der Waals surface area (Å²) >= 11 is 6.04. The summed E-state index contributed by atoms with van der Waals surface area (Å²) in [5, 5.41) is 2.88. The van der Waals surface area contributed by atoms with Gasteiger partial charge in [-0.25, -0.2) is 0 Å². The number of methoxy groups -OCH3 is 2. The number of alkyl halides is 2. The van der Waals surface area contributed by atoms with Gasteiger partial charge in [0.05, 0.1) is 24.9 Å². The molecule has 2 rings (SSSR count). The van der Waals surface area contributed by atoms with Crippen molar-refractivity contribution < 1.29 is 27.8 Å². The minimum Gasteiger partial charge on any atom is -0.495 e. The second-order valence-electron chi connectivity index (χ2n) is 4.55. The summed E-state index contributed by atoms with van der Waals surface area (Å²) in [6.45, 7) is -2.97. The van der Waals surface area contributed by atoms with Gasteiger partial charge < -0.3 is 19.5 Å². The number of hydrogen-bond acceptors (Lipinski definition) is 4. The minimum atomic E-state index is -2.97. The smallest absolute Gasteiger partial charge is 0.387 e. The van der Waals surface area contributed by atoms with E-state index in [1.807, 2.05) is 0 Å². The molecule has 0 atom stereocenters. The largest absolute Gasteiger partial charge is 0.495 e. The normalized spacial score (nSPS) is 10.4. The van der Waals surface area contributed by atoms with Crippen LogP contribution in [0.4, 0.5) is 14.5 Å². The average molecular weight is 358 g/mol. The van der Waals surface area contributed by atoms with E-state index < -0.39 is 12.5 Å². The Hall–Kier alpha value is -2.54. The van der Waals surface area contributed by atoms with Gasteiger partial charge in [0, 0.05) is 11.6 Å². The van der Waals surface area contributed by atoms with Gasteiger partial charge in [-0.15, -0.1) is 0 Å². The molecule has 0 unspecified atom stereocenters. The van der Waals surface area contributed by atoms with Gasteiger partial charge in [0.15, 0.2) is 0 Å². The molecule has 0 aliphatic rings. The standard InChI is InChI=1S/C16H14ClF2NO4/c1-22-13-8-14(23-2)12(7-11(13)17)20-15(21)9-4-3-5-10(6-9)24-16(18)19/h3-8,16H,1-2H3,(H,20,21). The lowest BCUT2D eigenvalue weighted by molar-refractivity contribution is -0.0498. The Balaban J connectivity index is 2.25. The van der Waals surface area contributed by atoms with Crippen LogP contribution in [-0.2, 0) is 0 Å². The second kappa shape index (κ2) is 7.83. The molecule has 0 saturated carbocycles. The van der Waals surface area contributed by atoms with E-state index >= 15 is 0 Å². The first-order chi connectivity index (χ1) is 11.4. The molecule has 0 aromatic heterocycles. The van der Waals surface area contributed by atoms with Gasteiger partial charge in [0.2, 0.25) is 0 Å². The Morgan fingerprint density at radius 3 is 2.46 bits per heavy atom. The van der Waals surface area contributed by atoms with E-state index in [0.717, 1.165) is 0 Å². The van der Waals surface area contributed by atoms with Crippen LogP contribution in [0.3, 0.4) is 0 Å². The summed E-state index contributed by atoms with van der Waals surface area (Å²) in [6, 6.07) is 8.42. The number of carbonyl (C=O) groups excluding carboxylic acids is 1. The lowest BCUT2D eigenvalue weighted by Gasteiger charge is -2.13. The zero-order chi connectivity index (χ0) is 17.7. The van der Waals surface area contributed by atoms with Crippen LogP contribution in [0.2, 0.25) is 5.02 Å². The first-order valence-electron chi connectivity index (χ1n) is 6.72. The molecule has 2 aromatic rings. The predicted molar refractivity (Wildman–Crippen MR) is 85.6 cm³/mol. The molecule has 1 amide bonds. The molecule has 5 nitrogen and oxygen atoms in total. The average Bonchev–Trinajstić information content (AvgIpc) is 2.54. The van der Waals surface area contributed by atoms with Crippen molar-refractivity contribution in [1.29, 1.82) is 0 Å². The predicted octanol–water partition coefficient (Wildman–Crippen LogP) is 4.21. The molecule has 2 aromatic carbocycles. The molecule has 0 fully saturated rings. The van der Waals surface area contributed by atoms with Crippen LogP contribution < -0.4 is 19.5 Å². The number of ether oxygens (including phenoxy) is 3. The molecular formula is C16H14ClF2NO4. The van der Waals surface area contributed by atoms with Gasteiger partial charge in [-0.1, -0.05) is 17.7 Å². The number of rotatable bonds is 6. The topological polar surface area (TPSA) is 56.8 Å². The fourth-order valence-corrected chi connectivity index (χ4v) is 2.21. The summed E-state index contributed by atoms with van der Waals surface area (Å²) in [5.41, 5.74) is 0.454. The Bertz CT molecular complexity index is 740. The van der Waals surface area contributed by atoms with Gasteiger partial charge in [0.25, 0.3) is 5.91 Å². The Labute approximate surface area is 142 Å². The van der Waals surface area contributed by atoms with Crippen LogP contribution >= 0.6 is 11.6 Å². The Morgan fingerprint density at radius 2 is 1.83 bits per heavy atom. The fourth-order valence-electron chi connectivity index (χ4n) is 1.97. The maximum absolute atomic E-state index is 12.3. The highest BCUT2D eigenvalue weighted by Gasteiger charge is 2.15. The third-order valence-corrected chi connectivity index (χ3v) is 3.34. The second-order valence-corrected chi connectivity index (χ2v) is 4.95. The van der Waals surface area contributed by atoms with E-state index in [4.69, 9.17) is 21.1 Å². The molecule has 128 valence electrons. The van der Waals surface area contributed by atoms with Crippen LogP contribution in [0.5, 0.6) is 17.2 Å². The van der Waals surface area contributed by atoms with Gasteiger partial charge in [0.1, 0.15) is 17.2 Å². The zero-order valence-corrected chi connectivity index (χ0v) is 13.6. The highest BCUT2D eigenvalue weighted by Crippen LogP contribution is 2.36. The van der Waals surface area contributed by atoms with Crippen LogP contribution in [0.1, 0.15) is 10.4 Å². The molecule has 0 aliphatic heterocycles. The monoisotopic (exact) mass is 357 g/mol. The molecule has 8 heteroatoms. The Morgan fingerprint density at radius 1 is 1.12 bits per heavy atom. The Kier molecular flexibility index (Phi) is 5.81. The van der Waals surface area contributed by atoms with Crippen molar-refractivity contribution in [1.82, 2.24) is 0 Å². The first-order valence-corrected chi connectivity index (χ1v) is 7.10. The van der Waals surface area contributed by atoms with Crippen molar-refractivity contribution in [3.05, 3.63) is 47.0 Å². The van der Waals surface area contributed by atoms with Crippen molar-refractivity contribution in [2.45, 2.75) is 6.61 Å². The first kappa shape index (κ1) is 17.8. The zero-order valence-electron chi connectivity index (χ0n) is 12.8. The van der Waals surface area contributed by atoms with E-state index in [2.05, 4.69) is 10.1 Å². The van der Waals surface area contributed by atoms with E-state index in [0.29, 0.717) is 17.2 Å². The number of anilines is 1. The van der Waals surface area contributed by atoms with E-state index in [1.165, 1.54) is 50.6 Å². The third kappa shape index (κ3) is 4.26. The SMILES string of the molecule is COc1cc(OC)c(NC(=O)c2cccc(OC(F)F)c2)cc1Cl.